The quantitative estimate of drug-likeness (QED) is 0.549. The molecule has 0 fully saturated rings. The molecule has 29 heavy (non-hydrogen) atoms. The molecule has 0 spiro atoms. The first-order valence-electron chi connectivity index (χ1n) is 8.19. The average molecular weight is 420 g/mol. The average Bonchev–Trinajstić information content (AvgIpc) is 3.18. The minimum atomic E-state index is -5.08. The molecule has 1 aromatic carbocycles. The van der Waals surface area contributed by atoms with E-state index in [9.17, 15) is 22.0 Å². The van der Waals surface area contributed by atoms with Gasteiger partial charge < -0.3 is 20.3 Å². The highest BCUT2D eigenvalue weighted by molar-refractivity contribution is 5.89. The molecule has 0 aliphatic carbocycles. The van der Waals surface area contributed by atoms with E-state index in [1.54, 1.807) is 6.92 Å². The lowest BCUT2D eigenvalue weighted by molar-refractivity contribution is -0.192. The van der Waals surface area contributed by atoms with Crippen LogP contribution in [-0.4, -0.2) is 32.4 Å². The van der Waals surface area contributed by atoms with Gasteiger partial charge >= 0.3 is 12.1 Å². The molecule has 158 valence electrons. The molecule has 3 aromatic rings. The molecule has 0 radical (unpaired) electrons. The lowest BCUT2D eigenvalue weighted by Gasteiger charge is -2.09. The van der Waals surface area contributed by atoms with Crippen LogP contribution in [0.4, 0.5) is 22.0 Å². The molecule has 0 aliphatic rings. The zero-order valence-corrected chi connectivity index (χ0v) is 15.4. The lowest BCUT2D eigenvalue weighted by atomic mass is 10.1. The summed E-state index contributed by atoms with van der Waals surface area (Å²) in [5.41, 5.74) is 7.38. The Kier molecular flexibility index (Phi) is 6.26. The Morgan fingerprint density at radius 2 is 1.86 bits per heavy atom. The van der Waals surface area contributed by atoms with Gasteiger partial charge in [-0.25, -0.2) is 13.6 Å². The Labute approximate surface area is 160 Å². The molecule has 0 bridgehead atoms. The number of carboxylic acid groups (broad SMARTS) is 1. The largest absolute Gasteiger partial charge is 0.490 e. The number of aliphatic carboxylic acids is 1. The fourth-order valence-electron chi connectivity index (χ4n) is 2.39. The fourth-order valence-corrected chi connectivity index (χ4v) is 2.39. The molecule has 0 aliphatic heterocycles. The Hall–Kier alpha value is -3.02. The molecule has 7 nitrogen and oxygen atoms in total. The van der Waals surface area contributed by atoms with E-state index in [1.165, 1.54) is 6.07 Å². The van der Waals surface area contributed by atoms with Crippen LogP contribution < -0.4 is 5.73 Å². The Balaban J connectivity index is 0.000000370. The highest BCUT2D eigenvalue weighted by Crippen LogP contribution is 2.31. The predicted molar refractivity (Wildman–Crippen MR) is 91.7 cm³/mol. The second-order valence-electron chi connectivity index (χ2n) is 6.47. The number of halogens is 5. The van der Waals surface area contributed by atoms with E-state index in [0.29, 0.717) is 28.0 Å². The van der Waals surface area contributed by atoms with Crippen molar-refractivity contribution in [2.24, 2.45) is 11.7 Å². The molecule has 2 aromatic heterocycles. The monoisotopic (exact) mass is 420 g/mol. The number of rotatable bonds is 3. The summed E-state index contributed by atoms with van der Waals surface area (Å²) in [6.07, 6.45) is -5.08. The number of alkyl halides is 3. The number of H-pyrrole nitrogens is 1. The third-order valence-corrected chi connectivity index (χ3v) is 3.98. The van der Waals surface area contributed by atoms with E-state index in [2.05, 4.69) is 15.1 Å². The maximum Gasteiger partial charge on any atom is 0.490 e. The first-order valence-corrected chi connectivity index (χ1v) is 8.19. The van der Waals surface area contributed by atoms with Gasteiger partial charge in [0.05, 0.1) is 11.6 Å². The van der Waals surface area contributed by atoms with Crippen LogP contribution in [0.5, 0.6) is 0 Å². The first-order chi connectivity index (χ1) is 13.3. The van der Waals surface area contributed by atoms with E-state index in [1.807, 2.05) is 13.8 Å². The van der Waals surface area contributed by atoms with Gasteiger partial charge in [-0.05, 0) is 24.5 Å². The lowest BCUT2D eigenvalue weighted by Crippen LogP contribution is -2.21. The zero-order valence-electron chi connectivity index (χ0n) is 15.4. The van der Waals surface area contributed by atoms with Crippen LogP contribution in [0.3, 0.4) is 0 Å². The summed E-state index contributed by atoms with van der Waals surface area (Å²) in [6, 6.07) is 1.73. The van der Waals surface area contributed by atoms with Crippen molar-refractivity contribution in [2.45, 2.75) is 33.0 Å². The van der Waals surface area contributed by atoms with Crippen LogP contribution >= 0.6 is 0 Å². The van der Waals surface area contributed by atoms with Crippen LogP contribution in [0.1, 0.15) is 31.3 Å². The van der Waals surface area contributed by atoms with Crippen molar-refractivity contribution in [3.63, 3.8) is 0 Å². The van der Waals surface area contributed by atoms with Crippen molar-refractivity contribution in [1.82, 2.24) is 15.1 Å². The number of hydrogen-bond donors (Lipinski definition) is 3. The van der Waals surface area contributed by atoms with Gasteiger partial charge in [0, 0.05) is 11.5 Å². The predicted octanol–water partition coefficient (Wildman–Crippen LogP) is 4.09. The Morgan fingerprint density at radius 1 is 1.28 bits per heavy atom. The summed E-state index contributed by atoms with van der Waals surface area (Å²) in [4.78, 5) is 16.1. The van der Waals surface area contributed by atoms with Crippen molar-refractivity contribution >= 4 is 16.9 Å². The summed E-state index contributed by atoms with van der Waals surface area (Å²) < 4.78 is 64.2. The van der Waals surface area contributed by atoms with Crippen LogP contribution in [0, 0.1) is 24.5 Å². The molecule has 0 saturated carbocycles. The van der Waals surface area contributed by atoms with Crippen molar-refractivity contribution < 1.29 is 36.4 Å². The number of carboxylic acids is 1. The molecule has 1 atom stereocenters. The van der Waals surface area contributed by atoms with Gasteiger partial charge in [-0.1, -0.05) is 19.0 Å². The molecular weight excluding hydrogens is 403 g/mol. The highest BCUT2D eigenvalue weighted by atomic mass is 19.4. The van der Waals surface area contributed by atoms with E-state index >= 15 is 0 Å². The molecular formula is C17H17F5N4O3. The number of nitrogens with two attached hydrogens (primary N) is 1. The second kappa shape index (κ2) is 8.15. The fraction of sp³-hybridized carbons (Fsp3) is 0.353. The minimum Gasteiger partial charge on any atom is -0.475 e. The number of aromatic nitrogens is 3. The molecule has 4 N–H and O–H groups in total. The maximum absolute atomic E-state index is 13.9. The van der Waals surface area contributed by atoms with E-state index in [-0.39, 0.29) is 17.9 Å². The molecule has 0 saturated heterocycles. The minimum absolute atomic E-state index is 0.154. The standard InChI is InChI=1S/C15H16F2N4O.C2HF3O2/c1-6(2)12(18)14-20-15(22-21-14)13-7(3)11-9(17)4-8(16)5-10(11)19-13;3-2(4,5)1(6)7/h4-6,12,19H,18H2,1-3H3;(H,6,7). The summed E-state index contributed by atoms with van der Waals surface area (Å²) >= 11 is 0. The van der Waals surface area contributed by atoms with Crippen molar-refractivity contribution in [2.75, 3.05) is 0 Å². The van der Waals surface area contributed by atoms with Crippen LogP contribution in [0.25, 0.3) is 22.5 Å². The van der Waals surface area contributed by atoms with E-state index in [0.717, 1.165) is 6.07 Å². The Morgan fingerprint density at radius 3 is 2.38 bits per heavy atom. The summed E-state index contributed by atoms with van der Waals surface area (Å²) in [6.45, 7) is 5.61. The van der Waals surface area contributed by atoms with E-state index < -0.39 is 23.8 Å². The SMILES string of the molecule is Cc1c(-c2nc(C(N)C(C)C)no2)[nH]c2cc(F)cc(F)c12.O=C(O)C(F)(F)F. The van der Waals surface area contributed by atoms with Gasteiger partial charge in [0.25, 0.3) is 5.89 Å². The zero-order chi connectivity index (χ0) is 22.1. The van der Waals surface area contributed by atoms with Crippen molar-refractivity contribution in [1.29, 1.82) is 0 Å². The number of nitrogens with one attached hydrogen (secondary N) is 1. The van der Waals surface area contributed by atoms with Crippen LogP contribution in [0.15, 0.2) is 16.7 Å². The number of aromatic amines is 1. The summed E-state index contributed by atoms with van der Waals surface area (Å²) in [5, 5.41) is 11.3. The molecule has 1 unspecified atom stereocenters. The third-order valence-electron chi connectivity index (χ3n) is 3.98. The molecule has 12 heteroatoms. The molecule has 0 amide bonds. The number of hydrogen-bond acceptors (Lipinski definition) is 5. The first kappa shape index (κ1) is 22.3. The van der Waals surface area contributed by atoms with Crippen molar-refractivity contribution in [3.8, 4) is 11.6 Å². The van der Waals surface area contributed by atoms with Gasteiger partial charge in [0.15, 0.2) is 5.82 Å². The maximum atomic E-state index is 13.9. The van der Waals surface area contributed by atoms with Gasteiger partial charge in [0.2, 0.25) is 0 Å². The smallest absolute Gasteiger partial charge is 0.475 e. The Bertz CT molecular complexity index is 1030. The third kappa shape index (κ3) is 4.88. The van der Waals surface area contributed by atoms with E-state index in [4.69, 9.17) is 20.2 Å². The van der Waals surface area contributed by atoms with Gasteiger partial charge in [-0.3, -0.25) is 0 Å². The van der Waals surface area contributed by atoms with Gasteiger partial charge in [0.1, 0.15) is 17.3 Å². The summed E-state index contributed by atoms with van der Waals surface area (Å²) in [5.74, 6) is -3.29. The number of nitrogens with zero attached hydrogens (tertiary/aromatic N) is 2. The normalized spacial score (nSPS) is 12.8. The second-order valence-corrected chi connectivity index (χ2v) is 6.47. The number of aryl methyl sites for hydroxylation is 1. The topological polar surface area (TPSA) is 118 Å². The molecule has 2 heterocycles. The number of benzene rings is 1. The van der Waals surface area contributed by atoms with Crippen LogP contribution in [0.2, 0.25) is 0 Å². The van der Waals surface area contributed by atoms with Crippen molar-refractivity contribution in [3.05, 3.63) is 35.2 Å². The molecule has 3 rings (SSSR count). The number of fused-ring (bicyclic) bond motifs is 1. The number of carbonyl (C=O) groups is 1. The van der Waals surface area contributed by atoms with Gasteiger partial charge in [-0.15, -0.1) is 0 Å². The highest BCUT2D eigenvalue weighted by Gasteiger charge is 2.38. The summed E-state index contributed by atoms with van der Waals surface area (Å²) in [7, 11) is 0. The van der Waals surface area contributed by atoms with Crippen LogP contribution in [-0.2, 0) is 4.79 Å². The van der Waals surface area contributed by atoms with Gasteiger partial charge in [-0.2, -0.15) is 18.2 Å².